The SMILES string of the molecule is Cl.NC(CC(=O)NCCNc1nccc(C(F)(F)F)n1)c1ccccc1. The van der Waals surface area contributed by atoms with Crippen LogP contribution < -0.4 is 16.4 Å². The predicted molar refractivity (Wildman–Crippen MR) is 93.8 cm³/mol. The third kappa shape index (κ3) is 6.85. The molecule has 0 saturated heterocycles. The van der Waals surface area contributed by atoms with Crippen LogP contribution in [0.2, 0.25) is 0 Å². The predicted octanol–water partition coefficient (Wildman–Crippen LogP) is 2.54. The normalized spacial score (nSPS) is 12.0. The van der Waals surface area contributed by atoms with Crippen molar-refractivity contribution in [1.82, 2.24) is 15.3 Å². The molecule has 26 heavy (non-hydrogen) atoms. The van der Waals surface area contributed by atoms with Crippen LogP contribution >= 0.6 is 12.4 Å². The van der Waals surface area contributed by atoms with E-state index >= 15 is 0 Å². The van der Waals surface area contributed by atoms with Gasteiger partial charge in [-0.25, -0.2) is 9.97 Å². The van der Waals surface area contributed by atoms with E-state index in [0.717, 1.165) is 17.8 Å². The van der Waals surface area contributed by atoms with E-state index in [1.165, 1.54) is 0 Å². The molecule has 0 aliphatic rings. The standard InChI is InChI=1S/C16H18F3N5O.ClH/c17-16(18,19)13-6-7-22-15(24-13)23-9-8-21-14(25)10-12(20)11-4-2-1-3-5-11;/h1-7,12H,8-10,20H2,(H,21,25)(H,22,23,24);1H. The molecule has 1 aromatic heterocycles. The van der Waals surface area contributed by atoms with E-state index in [2.05, 4.69) is 20.6 Å². The molecule has 0 saturated carbocycles. The van der Waals surface area contributed by atoms with Crippen molar-refractivity contribution < 1.29 is 18.0 Å². The summed E-state index contributed by atoms with van der Waals surface area (Å²) < 4.78 is 37.6. The average molecular weight is 390 g/mol. The molecule has 142 valence electrons. The highest BCUT2D eigenvalue weighted by Crippen LogP contribution is 2.27. The van der Waals surface area contributed by atoms with Crippen molar-refractivity contribution in [2.24, 2.45) is 5.73 Å². The number of hydrogen-bond donors (Lipinski definition) is 3. The molecule has 1 heterocycles. The van der Waals surface area contributed by atoms with Crippen molar-refractivity contribution in [3.8, 4) is 0 Å². The Hall–Kier alpha value is -2.39. The number of amides is 1. The summed E-state index contributed by atoms with van der Waals surface area (Å²) in [5, 5.41) is 5.27. The first-order valence-corrected chi connectivity index (χ1v) is 7.57. The van der Waals surface area contributed by atoms with Gasteiger partial charge in [0.1, 0.15) is 5.69 Å². The van der Waals surface area contributed by atoms with Crippen molar-refractivity contribution in [2.75, 3.05) is 18.4 Å². The fraction of sp³-hybridized carbons (Fsp3) is 0.312. The van der Waals surface area contributed by atoms with Crippen LogP contribution in [0.4, 0.5) is 19.1 Å². The van der Waals surface area contributed by atoms with Gasteiger partial charge in [-0.1, -0.05) is 30.3 Å². The monoisotopic (exact) mass is 389 g/mol. The van der Waals surface area contributed by atoms with Crippen molar-refractivity contribution in [3.63, 3.8) is 0 Å². The lowest BCUT2D eigenvalue weighted by Gasteiger charge is -2.12. The molecular weight excluding hydrogens is 371 g/mol. The van der Waals surface area contributed by atoms with Crippen LogP contribution in [0, 0.1) is 0 Å². The molecule has 1 atom stereocenters. The fourth-order valence-corrected chi connectivity index (χ4v) is 2.07. The van der Waals surface area contributed by atoms with Gasteiger partial charge in [0, 0.05) is 31.7 Å². The number of aromatic nitrogens is 2. The van der Waals surface area contributed by atoms with E-state index in [9.17, 15) is 18.0 Å². The summed E-state index contributed by atoms with van der Waals surface area (Å²) in [6, 6.07) is 9.59. The van der Waals surface area contributed by atoms with Gasteiger partial charge in [-0.05, 0) is 11.6 Å². The largest absolute Gasteiger partial charge is 0.433 e. The topological polar surface area (TPSA) is 92.9 Å². The first-order valence-electron chi connectivity index (χ1n) is 7.57. The van der Waals surface area contributed by atoms with E-state index in [1.54, 1.807) is 0 Å². The minimum atomic E-state index is -4.53. The highest BCUT2D eigenvalue weighted by Gasteiger charge is 2.32. The number of rotatable bonds is 7. The minimum Gasteiger partial charge on any atom is -0.354 e. The number of nitrogens with one attached hydrogen (secondary N) is 2. The van der Waals surface area contributed by atoms with Crippen LogP contribution in [0.15, 0.2) is 42.6 Å². The van der Waals surface area contributed by atoms with Crippen LogP contribution in [0.1, 0.15) is 23.7 Å². The molecule has 0 fully saturated rings. The van der Waals surface area contributed by atoms with E-state index < -0.39 is 17.9 Å². The van der Waals surface area contributed by atoms with Gasteiger partial charge in [-0.2, -0.15) is 13.2 Å². The molecule has 0 radical (unpaired) electrons. The molecule has 2 rings (SSSR count). The van der Waals surface area contributed by atoms with Crippen LogP contribution in [0.25, 0.3) is 0 Å². The van der Waals surface area contributed by atoms with Crippen LogP contribution in [0.3, 0.4) is 0 Å². The molecule has 10 heteroatoms. The molecule has 4 N–H and O–H groups in total. The lowest BCUT2D eigenvalue weighted by atomic mass is 10.0. The number of halogens is 4. The molecule has 6 nitrogen and oxygen atoms in total. The second kappa shape index (κ2) is 9.93. The van der Waals surface area contributed by atoms with E-state index in [1.807, 2.05) is 30.3 Å². The Morgan fingerprint density at radius 2 is 1.85 bits per heavy atom. The molecule has 1 unspecified atom stereocenters. The number of hydrogen-bond acceptors (Lipinski definition) is 5. The molecule has 1 aromatic carbocycles. The lowest BCUT2D eigenvalue weighted by Crippen LogP contribution is -2.31. The zero-order chi connectivity index (χ0) is 18.3. The van der Waals surface area contributed by atoms with Gasteiger partial charge in [-0.15, -0.1) is 12.4 Å². The van der Waals surface area contributed by atoms with Gasteiger partial charge in [0.2, 0.25) is 11.9 Å². The van der Waals surface area contributed by atoms with E-state index in [0.29, 0.717) is 0 Å². The molecular formula is C16H19ClF3N5O. The van der Waals surface area contributed by atoms with Gasteiger partial charge < -0.3 is 16.4 Å². The highest BCUT2D eigenvalue weighted by atomic mass is 35.5. The van der Waals surface area contributed by atoms with Crippen LogP contribution in [0.5, 0.6) is 0 Å². The van der Waals surface area contributed by atoms with Gasteiger partial charge in [0.15, 0.2) is 0 Å². The summed E-state index contributed by atoms with van der Waals surface area (Å²) in [6.45, 7) is 0.396. The highest BCUT2D eigenvalue weighted by molar-refractivity contribution is 5.85. The maximum absolute atomic E-state index is 12.5. The number of benzene rings is 1. The number of nitrogens with two attached hydrogens (primary N) is 1. The smallest absolute Gasteiger partial charge is 0.354 e. The first kappa shape index (κ1) is 21.7. The van der Waals surface area contributed by atoms with E-state index in [4.69, 9.17) is 5.73 Å². The Balaban J connectivity index is 0.00000338. The maximum atomic E-state index is 12.5. The second-order valence-corrected chi connectivity index (χ2v) is 5.26. The summed E-state index contributed by atoms with van der Waals surface area (Å²) in [6.07, 6.45) is -3.39. The van der Waals surface area contributed by atoms with Gasteiger partial charge >= 0.3 is 6.18 Å². The number of carbonyl (C=O) groups excluding carboxylic acids is 1. The van der Waals surface area contributed by atoms with Crippen molar-refractivity contribution >= 4 is 24.3 Å². The third-order valence-electron chi connectivity index (χ3n) is 3.31. The summed E-state index contributed by atoms with van der Waals surface area (Å²) in [4.78, 5) is 18.9. The average Bonchev–Trinajstić information content (AvgIpc) is 2.59. The summed E-state index contributed by atoms with van der Waals surface area (Å²) >= 11 is 0. The Bertz CT molecular complexity index is 700. The Labute approximate surface area is 154 Å². The van der Waals surface area contributed by atoms with Gasteiger partial charge in [-0.3, -0.25) is 4.79 Å². The Morgan fingerprint density at radius 1 is 1.15 bits per heavy atom. The summed E-state index contributed by atoms with van der Waals surface area (Å²) in [7, 11) is 0. The molecule has 0 aliphatic heterocycles. The number of alkyl halides is 3. The van der Waals surface area contributed by atoms with Crippen molar-refractivity contribution in [2.45, 2.75) is 18.6 Å². The quantitative estimate of drug-likeness (QED) is 0.633. The summed E-state index contributed by atoms with van der Waals surface area (Å²) in [5.74, 6) is -0.395. The van der Waals surface area contributed by atoms with Gasteiger partial charge in [0.05, 0.1) is 0 Å². The van der Waals surface area contributed by atoms with Gasteiger partial charge in [0.25, 0.3) is 0 Å². The fourth-order valence-electron chi connectivity index (χ4n) is 2.07. The third-order valence-corrected chi connectivity index (χ3v) is 3.31. The maximum Gasteiger partial charge on any atom is 0.433 e. The zero-order valence-electron chi connectivity index (χ0n) is 13.7. The number of anilines is 1. The van der Waals surface area contributed by atoms with E-state index in [-0.39, 0.29) is 43.8 Å². The molecule has 0 aliphatic carbocycles. The van der Waals surface area contributed by atoms with Crippen molar-refractivity contribution in [3.05, 3.63) is 53.9 Å². The van der Waals surface area contributed by atoms with Crippen molar-refractivity contribution in [1.29, 1.82) is 0 Å². The molecule has 0 spiro atoms. The molecule has 0 bridgehead atoms. The second-order valence-electron chi connectivity index (χ2n) is 5.26. The zero-order valence-corrected chi connectivity index (χ0v) is 14.5. The summed E-state index contributed by atoms with van der Waals surface area (Å²) in [5.41, 5.74) is 5.78. The van der Waals surface area contributed by atoms with Crippen LogP contribution in [-0.2, 0) is 11.0 Å². The lowest BCUT2D eigenvalue weighted by molar-refractivity contribution is -0.141. The number of nitrogens with zero attached hydrogens (tertiary/aromatic N) is 2. The Morgan fingerprint density at radius 3 is 2.50 bits per heavy atom. The first-order chi connectivity index (χ1) is 11.9. The molecule has 2 aromatic rings. The minimum absolute atomic E-state index is 0. The molecule has 1 amide bonds. The van der Waals surface area contributed by atoms with Crippen LogP contribution in [-0.4, -0.2) is 29.0 Å². The Kier molecular flexibility index (Phi) is 8.27. The number of carbonyl (C=O) groups is 1.